The van der Waals surface area contributed by atoms with Crippen LogP contribution in [-0.4, -0.2) is 72.1 Å². The van der Waals surface area contributed by atoms with Gasteiger partial charge in [-0.15, -0.1) is 0 Å². The maximum atomic E-state index is 12.3. The molecular formula is C15H29N3O3. The fourth-order valence-electron chi connectivity index (χ4n) is 3.10. The van der Waals surface area contributed by atoms with E-state index in [0.717, 1.165) is 19.4 Å². The average molecular weight is 299 g/mol. The second-order valence-electron chi connectivity index (χ2n) is 6.44. The minimum Gasteiger partial charge on any atom is -0.480 e. The van der Waals surface area contributed by atoms with E-state index < -0.39 is 5.97 Å². The number of carboxylic acid groups (broad SMARTS) is 1. The van der Waals surface area contributed by atoms with Crippen LogP contribution in [-0.2, 0) is 9.59 Å². The molecule has 0 aromatic heterocycles. The zero-order valence-electron chi connectivity index (χ0n) is 13.8. The summed E-state index contributed by atoms with van der Waals surface area (Å²) in [4.78, 5) is 27.0. The van der Waals surface area contributed by atoms with Crippen LogP contribution in [0.25, 0.3) is 0 Å². The molecule has 0 unspecified atom stereocenters. The zero-order chi connectivity index (χ0) is 16.2. The van der Waals surface area contributed by atoms with Crippen molar-refractivity contribution < 1.29 is 14.7 Å². The Morgan fingerprint density at radius 2 is 1.86 bits per heavy atom. The van der Waals surface area contributed by atoms with Gasteiger partial charge in [-0.2, -0.15) is 0 Å². The van der Waals surface area contributed by atoms with Crippen LogP contribution in [0.5, 0.6) is 0 Å². The fraction of sp³-hybridized carbons (Fsp3) is 0.867. The van der Waals surface area contributed by atoms with Gasteiger partial charge in [0, 0.05) is 12.1 Å². The van der Waals surface area contributed by atoms with Gasteiger partial charge in [0.05, 0.1) is 12.6 Å². The molecule has 0 aliphatic heterocycles. The molecule has 1 fully saturated rings. The van der Waals surface area contributed by atoms with E-state index in [1.54, 1.807) is 0 Å². The van der Waals surface area contributed by atoms with E-state index in [4.69, 9.17) is 5.11 Å². The number of hydrogen-bond acceptors (Lipinski definition) is 4. The topological polar surface area (TPSA) is 72.9 Å². The monoisotopic (exact) mass is 299 g/mol. The lowest BCUT2D eigenvalue weighted by Crippen LogP contribution is -2.58. The van der Waals surface area contributed by atoms with Gasteiger partial charge in [0.25, 0.3) is 0 Å². The quantitative estimate of drug-likeness (QED) is 0.687. The molecule has 1 aliphatic rings. The van der Waals surface area contributed by atoms with Crippen LogP contribution >= 0.6 is 0 Å². The van der Waals surface area contributed by atoms with Gasteiger partial charge in [0.2, 0.25) is 5.91 Å². The highest BCUT2D eigenvalue weighted by molar-refractivity contribution is 5.82. The van der Waals surface area contributed by atoms with Crippen LogP contribution in [0.3, 0.4) is 0 Å². The molecule has 1 aliphatic carbocycles. The molecule has 21 heavy (non-hydrogen) atoms. The Balaban J connectivity index is 2.43. The fourth-order valence-corrected chi connectivity index (χ4v) is 3.10. The maximum Gasteiger partial charge on any atom is 0.317 e. The molecule has 0 aromatic carbocycles. The third kappa shape index (κ3) is 4.97. The van der Waals surface area contributed by atoms with Gasteiger partial charge in [-0.1, -0.05) is 20.8 Å². The van der Waals surface area contributed by atoms with Crippen molar-refractivity contribution in [3.63, 3.8) is 0 Å². The van der Waals surface area contributed by atoms with Crippen LogP contribution in [0.2, 0.25) is 0 Å². The lowest BCUT2D eigenvalue weighted by molar-refractivity contribution is -0.140. The number of carbonyl (C=O) groups excluding carboxylic acids is 1. The summed E-state index contributed by atoms with van der Waals surface area (Å²) < 4.78 is 0. The summed E-state index contributed by atoms with van der Waals surface area (Å²) in [6.45, 7) is 6.85. The van der Waals surface area contributed by atoms with Crippen molar-refractivity contribution in [3.05, 3.63) is 0 Å². The van der Waals surface area contributed by atoms with Crippen molar-refractivity contribution in [2.45, 2.75) is 51.7 Å². The van der Waals surface area contributed by atoms with Gasteiger partial charge in [-0.05, 0) is 39.4 Å². The van der Waals surface area contributed by atoms with Crippen LogP contribution in [0.4, 0.5) is 0 Å². The van der Waals surface area contributed by atoms with Gasteiger partial charge < -0.3 is 10.4 Å². The van der Waals surface area contributed by atoms with Crippen molar-refractivity contribution in [1.29, 1.82) is 0 Å². The normalized spacial score (nSPS) is 23.2. The van der Waals surface area contributed by atoms with E-state index in [1.807, 2.05) is 44.7 Å². The first kappa shape index (κ1) is 17.9. The lowest BCUT2D eigenvalue weighted by Gasteiger charge is -2.43. The predicted molar refractivity (Wildman–Crippen MR) is 82.1 cm³/mol. The lowest BCUT2D eigenvalue weighted by atomic mass is 9.85. The molecule has 2 N–H and O–H groups in total. The third-order valence-corrected chi connectivity index (χ3v) is 4.18. The highest BCUT2D eigenvalue weighted by Crippen LogP contribution is 2.26. The molecule has 6 nitrogen and oxygen atoms in total. The minimum absolute atomic E-state index is 0.0692. The molecule has 122 valence electrons. The average Bonchev–Trinajstić information content (AvgIpc) is 2.29. The van der Waals surface area contributed by atoms with Gasteiger partial charge in [0.1, 0.15) is 0 Å². The predicted octanol–water partition coefficient (Wildman–Crippen LogP) is 0.626. The van der Waals surface area contributed by atoms with Crippen molar-refractivity contribution in [2.24, 2.45) is 5.92 Å². The molecular weight excluding hydrogens is 270 g/mol. The Labute approximate surface area is 127 Å². The van der Waals surface area contributed by atoms with E-state index in [2.05, 4.69) is 5.32 Å². The number of hydrogen-bond donors (Lipinski definition) is 2. The highest BCUT2D eigenvalue weighted by atomic mass is 16.4. The summed E-state index contributed by atoms with van der Waals surface area (Å²) in [5, 5.41) is 12.0. The van der Waals surface area contributed by atoms with E-state index >= 15 is 0 Å². The van der Waals surface area contributed by atoms with Gasteiger partial charge in [-0.3, -0.25) is 19.4 Å². The number of nitrogens with zero attached hydrogens (tertiary/aromatic N) is 2. The van der Waals surface area contributed by atoms with Crippen molar-refractivity contribution in [3.8, 4) is 0 Å². The molecule has 0 radical (unpaired) electrons. The molecule has 1 atom stereocenters. The number of rotatable bonds is 8. The number of carboxylic acids is 1. The summed E-state index contributed by atoms with van der Waals surface area (Å²) in [6, 6.07) is 0.324. The second kappa shape index (κ2) is 7.75. The van der Waals surface area contributed by atoms with E-state index in [-0.39, 0.29) is 36.5 Å². The first-order valence-electron chi connectivity index (χ1n) is 7.68. The molecule has 0 spiro atoms. The molecule has 0 aromatic rings. The summed E-state index contributed by atoms with van der Waals surface area (Å²) in [5.74, 6) is -0.466. The smallest absolute Gasteiger partial charge is 0.317 e. The molecule has 0 bridgehead atoms. The number of likely N-dealkylation sites (N-methyl/N-ethyl adjacent to an activating group) is 2. The molecule has 6 heteroatoms. The van der Waals surface area contributed by atoms with E-state index in [9.17, 15) is 9.59 Å². The summed E-state index contributed by atoms with van der Waals surface area (Å²) in [5.41, 5.74) is 0. The minimum atomic E-state index is -0.795. The van der Waals surface area contributed by atoms with Gasteiger partial charge in [0.15, 0.2) is 0 Å². The molecule has 0 saturated heterocycles. The van der Waals surface area contributed by atoms with Crippen LogP contribution in [0.1, 0.15) is 33.6 Å². The molecule has 1 amide bonds. The van der Waals surface area contributed by atoms with Crippen molar-refractivity contribution >= 4 is 11.9 Å². The SMILES string of the molecule is CCN(CC(=O)O)C1CC(NC(=O)[C@@H](C(C)C)N(C)C)C1. The number of carbonyl (C=O) groups is 2. The maximum absolute atomic E-state index is 12.3. The third-order valence-electron chi connectivity index (χ3n) is 4.18. The Morgan fingerprint density at radius 3 is 2.24 bits per heavy atom. The largest absolute Gasteiger partial charge is 0.480 e. The first-order valence-corrected chi connectivity index (χ1v) is 7.68. The van der Waals surface area contributed by atoms with Crippen LogP contribution in [0, 0.1) is 5.92 Å². The van der Waals surface area contributed by atoms with Crippen molar-refractivity contribution in [2.75, 3.05) is 27.2 Å². The standard InChI is InChI=1S/C15H29N3O3/c1-6-18(9-13(19)20)12-7-11(8-12)16-15(21)14(10(2)3)17(4)5/h10-12,14H,6-9H2,1-5H3,(H,16,21)(H,19,20)/t11?,12?,14-/m1/s1. The Morgan fingerprint density at radius 1 is 1.29 bits per heavy atom. The zero-order valence-corrected chi connectivity index (χ0v) is 13.8. The second-order valence-corrected chi connectivity index (χ2v) is 6.44. The number of aliphatic carboxylic acids is 1. The first-order chi connectivity index (χ1) is 9.76. The number of amides is 1. The Kier molecular flexibility index (Phi) is 6.61. The molecule has 0 heterocycles. The molecule has 1 saturated carbocycles. The van der Waals surface area contributed by atoms with Crippen LogP contribution in [0.15, 0.2) is 0 Å². The Hall–Kier alpha value is -1.14. The summed E-state index contributed by atoms with van der Waals surface area (Å²) in [7, 11) is 3.83. The van der Waals surface area contributed by atoms with E-state index in [1.165, 1.54) is 0 Å². The summed E-state index contributed by atoms with van der Waals surface area (Å²) in [6.07, 6.45) is 1.68. The van der Waals surface area contributed by atoms with Crippen molar-refractivity contribution in [1.82, 2.24) is 15.1 Å². The number of nitrogens with one attached hydrogen (secondary N) is 1. The highest BCUT2D eigenvalue weighted by Gasteiger charge is 2.36. The van der Waals surface area contributed by atoms with Gasteiger partial charge in [-0.25, -0.2) is 0 Å². The van der Waals surface area contributed by atoms with Gasteiger partial charge >= 0.3 is 5.97 Å². The molecule has 1 rings (SSSR count). The van der Waals surface area contributed by atoms with Crippen LogP contribution < -0.4 is 5.32 Å². The van der Waals surface area contributed by atoms with E-state index in [0.29, 0.717) is 0 Å². The summed E-state index contributed by atoms with van der Waals surface area (Å²) >= 11 is 0. The Bertz CT molecular complexity index is 357.